The smallest absolute Gasteiger partial charge is 0.400 e. The number of ether oxygens (including phenoxy) is 1. The Labute approximate surface area is 105 Å². The topological polar surface area (TPSA) is 27.7 Å². The van der Waals surface area contributed by atoms with E-state index in [1.165, 1.54) is 5.57 Å². The Bertz CT molecular complexity index is 307. The van der Waals surface area contributed by atoms with Crippen LogP contribution in [0.5, 0.6) is 0 Å². The van der Waals surface area contributed by atoms with Gasteiger partial charge in [-0.1, -0.05) is 11.5 Å². The van der Waals surface area contributed by atoms with E-state index in [-0.39, 0.29) is 18.3 Å². The van der Waals surface area contributed by atoms with Gasteiger partial charge in [0.05, 0.1) is 23.9 Å². The Morgan fingerprint density at radius 2 is 1.76 bits per heavy atom. The second kappa shape index (κ2) is 4.41. The summed E-state index contributed by atoms with van der Waals surface area (Å²) in [6.45, 7) is 11.2. The van der Waals surface area contributed by atoms with Crippen LogP contribution >= 0.6 is 0 Å². The van der Waals surface area contributed by atoms with Crippen LogP contribution in [0, 0.1) is 0 Å². The molecule has 0 amide bonds. The van der Waals surface area contributed by atoms with Crippen molar-refractivity contribution in [3.63, 3.8) is 0 Å². The SMILES string of the molecule is CC1C/C(=C/B2OC(C)(C)C(C)(C)O2)CCO1. The fourth-order valence-corrected chi connectivity index (χ4v) is 2.22. The summed E-state index contributed by atoms with van der Waals surface area (Å²) in [6, 6.07) is 0. The molecule has 1 atom stereocenters. The van der Waals surface area contributed by atoms with Crippen molar-refractivity contribution >= 4 is 7.12 Å². The summed E-state index contributed by atoms with van der Waals surface area (Å²) in [4.78, 5) is 0. The zero-order valence-corrected chi connectivity index (χ0v) is 11.6. The predicted octanol–water partition coefficient (Wildman–Crippen LogP) is 2.74. The van der Waals surface area contributed by atoms with Crippen LogP contribution in [-0.2, 0) is 14.0 Å². The van der Waals surface area contributed by atoms with Gasteiger partial charge < -0.3 is 14.0 Å². The molecule has 2 aliphatic rings. The van der Waals surface area contributed by atoms with E-state index in [1.807, 2.05) is 0 Å². The van der Waals surface area contributed by atoms with Crippen molar-refractivity contribution < 1.29 is 14.0 Å². The van der Waals surface area contributed by atoms with Gasteiger partial charge in [0.1, 0.15) is 0 Å². The molecule has 2 saturated heterocycles. The lowest BCUT2D eigenvalue weighted by Crippen LogP contribution is -2.41. The fourth-order valence-electron chi connectivity index (χ4n) is 2.22. The van der Waals surface area contributed by atoms with Gasteiger partial charge in [0, 0.05) is 0 Å². The second-order valence-electron chi connectivity index (χ2n) is 6.09. The van der Waals surface area contributed by atoms with Crippen molar-refractivity contribution in [3.8, 4) is 0 Å². The first-order valence-electron chi connectivity index (χ1n) is 6.47. The molecule has 0 aromatic carbocycles. The Hall–Kier alpha value is -0.315. The first kappa shape index (κ1) is 13.1. The van der Waals surface area contributed by atoms with Crippen molar-refractivity contribution in [2.75, 3.05) is 6.61 Å². The Morgan fingerprint density at radius 3 is 2.29 bits per heavy atom. The van der Waals surface area contributed by atoms with Gasteiger partial charge in [0.2, 0.25) is 0 Å². The van der Waals surface area contributed by atoms with Gasteiger partial charge in [-0.2, -0.15) is 0 Å². The molecule has 4 heteroatoms. The normalized spacial score (nSPS) is 34.3. The first-order chi connectivity index (χ1) is 7.80. The highest BCUT2D eigenvalue weighted by Gasteiger charge is 2.50. The lowest BCUT2D eigenvalue weighted by Gasteiger charge is -2.32. The van der Waals surface area contributed by atoms with E-state index in [9.17, 15) is 0 Å². The van der Waals surface area contributed by atoms with Gasteiger partial charge in [0.15, 0.2) is 0 Å². The van der Waals surface area contributed by atoms with Crippen molar-refractivity contribution in [1.82, 2.24) is 0 Å². The van der Waals surface area contributed by atoms with Crippen molar-refractivity contribution in [2.24, 2.45) is 0 Å². The van der Waals surface area contributed by atoms with E-state index in [0.717, 1.165) is 19.4 Å². The van der Waals surface area contributed by atoms with E-state index in [4.69, 9.17) is 14.0 Å². The van der Waals surface area contributed by atoms with Gasteiger partial charge in [0.25, 0.3) is 0 Å². The minimum Gasteiger partial charge on any atom is -0.400 e. The molecule has 0 aromatic heterocycles. The molecule has 0 spiro atoms. The molecule has 1 unspecified atom stereocenters. The van der Waals surface area contributed by atoms with Gasteiger partial charge in [-0.25, -0.2) is 0 Å². The minimum absolute atomic E-state index is 0.208. The summed E-state index contributed by atoms with van der Waals surface area (Å²) >= 11 is 0. The van der Waals surface area contributed by atoms with Crippen molar-refractivity contribution in [3.05, 3.63) is 11.5 Å². The zero-order chi connectivity index (χ0) is 12.7. The lowest BCUT2D eigenvalue weighted by molar-refractivity contribution is 0.00578. The summed E-state index contributed by atoms with van der Waals surface area (Å²) in [6.07, 6.45) is 2.30. The third-order valence-corrected chi connectivity index (χ3v) is 4.02. The quantitative estimate of drug-likeness (QED) is 0.657. The van der Waals surface area contributed by atoms with Gasteiger partial charge in [-0.05, 0) is 47.5 Å². The van der Waals surface area contributed by atoms with Crippen LogP contribution in [0.15, 0.2) is 11.5 Å². The number of hydrogen-bond donors (Lipinski definition) is 0. The largest absolute Gasteiger partial charge is 0.487 e. The third kappa shape index (κ3) is 2.75. The molecule has 2 heterocycles. The van der Waals surface area contributed by atoms with E-state index >= 15 is 0 Å². The maximum atomic E-state index is 5.96. The Balaban J connectivity index is 2.04. The molecule has 0 radical (unpaired) electrons. The Morgan fingerprint density at radius 1 is 1.18 bits per heavy atom. The average Bonchev–Trinajstić information content (AvgIpc) is 2.34. The zero-order valence-electron chi connectivity index (χ0n) is 11.6. The van der Waals surface area contributed by atoms with E-state index in [0.29, 0.717) is 6.10 Å². The summed E-state index contributed by atoms with van der Waals surface area (Å²) in [7, 11) is -0.208. The molecule has 96 valence electrons. The molecule has 0 aromatic rings. The fraction of sp³-hybridized carbons (Fsp3) is 0.846. The van der Waals surface area contributed by atoms with Crippen molar-refractivity contribution in [1.29, 1.82) is 0 Å². The molecule has 0 N–H and O–H groups in total. The third-order valence-electron chi connectivity index (χ3n) is 4.02. The van der Waals surface area contributed by atoms with Gasteiger partial charge >= 0.3 is 7.12 Å². The van der Waals surface area contributed by atoms with Crippen LogP contribution in [0.1, 0.15) is 47.5 Å². The highest BCUT2D eigenvalue weighted by atomic mass is 16.7. The highest BCUT2D eigenvalue weighted by Crippen LogP contribution is 2.37. The predicted molar refractivity (Wildman–Crippen MR) is 68.8 cm³/mol. The molecule has 2 rings (SSSR count). The minimum atomic E-state index is -0.245. The van der Waals surface area contributed by atoms with Crippen LogP contribution in [0.25, 0.3) is 0 Å². The monoisotopic (exact) mass is 238 g/mol. The van der Waals surface area contributed by atoms with Gasteiger partial charge in [-0.15, -0.1) is 0 Å². The molecule has 0 saturated carbocycles. The number of rotatable bonds is 1. The molecular formula is C13H23BO3. The van der Waals surface area contributed by atoms with E-state index in [1.54, 1.807) is 0 Å². The molecule has 17 heavy (non-hydrogen) atoms. The molecule has 3 nitrogen and oxygen atoms in total. The highest BCUT2D eigenvalue weighted by molar-refractivity contribution is 6.51. The summed E-state index contributed by atoms with van der Waals surface area (Å²) in [5.41, 5.74) is 0.902. The molecular weight excluding hydrogens is 215 g/mol. The van der Waals surface area contributed by atoms with E-state index < -0.39 is 0 Å². The first-order valence-corrected chi connectivity index (χ1v) is 6.47. The standard InChI is InChI=1S/C13H23BO3/c1-10-8-11(6-7-15-10)9-14-16-12(2,3)13(4,5)17-14/h9-10H,6-8H2,1-5H3/b11-9+. The summed E-state index contributed by atoms with van der Waals surface area (Å²) < 4.78 is 17.5. The van der Waals surface area contributed by atoms with Crippen LogP contribution in [0.4, 0.5) is 0 Å². The molecule has 0 aliphatic carbocycles. The van der Waals surface area contributed by atoms with Crippen LogP contribution < -0.4 is 0 Å². The second-order valence-corrected chi connectivity index (χ2v) is 6.09. The van der Waals surface area contributed by atoms with Crippen LogP contribution in [-0.4, -0.2) is 31.0 Å². The lowest BCUT2D eigenvalue weighted by atomic mass is 9.84. The molecule has 0 bridgehead atoms. The Kier molecular flexibility index (Phi) is 3.41. The molecule has 2 aliphatic heterocycles. The van der Waals surface area contributed by atoms with Crippen molar-refractivity contribution in [2.45, 2.75) is 64.8 Å². The molecule has 2 fully saturated rings. The van der Waals surface area contributed by atoms with Crippen LogP contribution in [0.3, 0.4) is 0 Å². The maximum absolute atomic E-state index is 5.96. The van der Waals surface area contributed by atoms with E-state index in [2.05, 4.69) is 40.6 Å². The van der Waals surface area contributed by atoms with Crippen LogP contribution in [0.2, 0.25) is 0 Å². The van der Waals surface area contributed by atoms with Gasteiger partial charge in [-0.3, -0.25) is 0 Å². The maximum Gasteiger partial charge on any atom is 0.487 e. The summed E-state index contributed by atoms with van der Waals surface area (Å²) in [5, 5.41) is 0. The average molecular weight is 238 g/mol. The summed E-state index contributed by atoms with van der Waals surface area (Å²) in [5.74, 6) is 2.13. The number of hydrogen-bond acceptors (Lipinski definition) is 3.